The Labute approximate surface area is 558 Å². The number of hydrogen-bond donors (Lipinski definition) is 15. The molecule has 2 heterocycles. The van der Waals surface area contributed by atoms with Crippen LogP contribution < -0.4 is 82.7 Å². The molecule has 2 aliphatic heterocycles. The number of carbonyl (C=O) groups is 13. The first-order valence-electron chi connectivity index (χ1n) is 32.2. The van der Waals surface area contributed by atoms with E-state index in [4.69, 9.17) is 40.1 Å². The third-order valence-corrected chi connectivity index (χ3v) is 16.7. The second kappa shape index (κ2) is 41.0. The number of primary amides is 3. The summed E-state index contributed by atoms with van der Waals surface area (Å²) in [4.78, 5) is 185. The van der Waals surface area contributed by atoms with E-state index >= 15 is 0 Å². The van der Waals surface area contributed by atoms with Crippen LogP contribution in [0.1, 0.15) is 121 Å². The number of hydrogen-bond acceptors (Lipinski definition) is 17. The Morgan fingerprint density at radius 1 is 0.537 bits per heavy atom. The molecule has 2 aliphatic rings. The Bertz CT molecular complexity index is 2960. The van der Waals surface area contributed by atoms with Crippen molar-refractivity contribution in [2.45, 2.75) is 183 Å². The van der Waals surface area contributed by atoms with Crippen LogP contribution in [-0.4, -0.2) is 198 Å². The average Bonchev–Trinajstić information content (AvgIpc) is 1.74. The molecule has 95 heavy (non-hydrogen) atoms. The van der Waals surface area contributed by atoms with Crippen molar-refractivity contribution in [1.29, 1.82) is 0 Å². The topological polar surface area (TPSA) is 519 Å². The third kappa shape index (κ3) is 27.5. The van der Waals surface area contributed by atoms with E-state index in [2.05, 4.69) is 47.5 Å². The molecule has 2 aromatic carbocycles. The second-order valence-corrected chi connectivity index (χ2v) is 25.1. The maximum Gasteiger partial charge on any atom is 0.245 e. The van der Waals surface area contributed by atoms with Gasteiger partial charge in [0.25, 0.3) is 0 Å². The lowest BCUT2D eigenvalue weighted by Gasteiger charge is -2.32. The van der Waals surface area contributed by atoms with Crippen molar-refractivity contribution in [3.8, 4) is 0 Å². The van der Waals surface area contributed by atoms with Gasteiger partial charge in [0.05, 0.1) is 12.6 Å². The van der Waals surface area contributed by atoms with Gasteiger partial charge in [0.15, 0.2) is 5.96 Å². The molecule has 0 saturated carbocycles. The molecule has 0 unspecified atom stereocenters. The Morgan fingerprint density at radius 3 is 1.51 bits per heavy atom. The quantitative estimate of drug-likeness (QED) is 0.0173. The summed E-state index contributed by atoms with van der Waals surface area (Å²) in [6.45, 7) is 3.86. The van der Waals surface area contributed by atoms with E-state index in [1.807, 2.05) is 20.1 Å². The van der Waals surface area contributed by atoms with Gasteiger partial charge in [-0.1, -0.05) is 74.5 Å². The van der Waals surface area contributed by atoms with Gasteiger partial charge in [-0.2, -0.15) is 11.8 Å². The van der Waals surface area contributed by atoms with E-state index in [1.165, 1.54) is 21.6 Å². The summed E-state index contributed by atoms with van der Waals surface area (Å²) in [7, 11) is 0. The summed E-state index contributed by atoms with van der Waals surface area (Å²) in [5, 5.41) is 21.1. The van der Waals surface area contributed by atoms with Crippen molar-refractivity contribution in [3.63, 3.8) is 0 Å². The zero-order valence-electron chi connectivity index (χ0n) is 54.5. The molecule has 2 aromatic rings. The van der Waals surface area contributed by atoms with Crippen LogP contribution in [0.2, 0.25) is 0 Å². The van der Waals surface area contributed by atoms with Crippen molar-refractivity contribution in [1.82, 2.24) is 52.3 Å². The zero-order valence-corrected chi connectivity index (χ0v) is 55.3. The fourth-order valence-corrected chi connectivity index (χ4v) is 11.5. The van der Waals surface area contributed by atoms with Crippen LogP contribution in [0.25, 0.3) is 0 Å². The molecule has 2 fully saturated rings. The van der Waals surface area contributed by atoms with Gasteiger partial charge in [0.2, 0.25) is 76.8 Å². The van der Waals surface area contributed by atoms with E-state index < -0.39 is 169 Å². The minimum absolute atomic E-state index is 0.0736. The normalized spacial score (nSPS) is 16.8. The summed E-state index contributed by atoms with van der Waals surface area (Å²) in [5.74, 6) is -9.80. The monoisotopic (exact) mass is 1350 g/mol. The molecule has 22 N–H and O–H groups in total. The van der Waals surface area contributed by atoms with Gasteiger partial charge in [0.1, 0.15) is 54.4 Å². The molecule has 4 rings (SSSR count). The zero-order chi connectivity index (χ0) is 70.1. The van der Waals surface area contributed by atoms with Crippen molar-refractivity contribution in [2.75, 3.05) is 44.7 Å². The molecule has 31 nitrogen and oxygen atoms in total. The van der Waals surface area contributed by atoms with Crippen LogP contribution in [0.5, 0.6) is 0 Å². The molecule has 0 aliphatic carbocycles. The van der Waals surface area contributed by atoms with Gasteiger partial charge in [0, 0.05) is 45.3 Å². The van der Waals surface area contributed by atoms with Crippen LogP contribution in [0.4, 0.5) is 0 Å². The molecule has 524 valence electrons. The first kappa shape index (κ1) is 78.5. The molecular formula is C63H98N18O13S. The molecule has 0 aromatic heterocycles. The largest absolute Gasteiger partial charge is 0.370 e. The van der Waals surface area contributed by atoms with E-state index in [-0.39, 0.29) is 83.0 Å². The Hall–Kier alpha value is -8.91. The van der Waals surface area contributed by atoms with Crippen LogP contribution in [0, 0.1) is 5.92 Å². The molecule has 2 saturated heterocycles. The van der Waals surface area contributed by atoms with Gasteiger partial charge in [-0.3, -0.25) is 67.3 Å². The predicted octanol–water partition coefficient (Wildman–Crippen LogP) is -3.71. The number of benzene rings is 2. The highest BCUT2D eigenvalue weighted by Gasteiger charge is 2.42. The number of rotatable bonds is 42. The fourth-order valence-electron chi connectivity index (χ4n) is 11.0. The minimum atomic E-state index is -1.64. The molecule has 0 bridgehead atoms. The number of amides is 13. The summed E-state index contributed by atoms with van der Waals surface area (Å²) in [5.41, 5.74) is 40.6. The highest BCUT2D eigenvalue weighted by atomic mass is 32.2. The molecule has 0 spiro atoms. The number of nitrogens with zero attached hydrogens (tertiary/aromatic N) is 3. The highest BCUT2D eigenvalue weighted by Crippen LogP contribution is 2.24. The van der Waals surface area contributed by atoms with Crippen molar-refractivity contribution in [3.05, 3.63) is 71.8 Å². The fraction of sp³-hybridized carbons (Fsp3) is 0.587. The first-order chi connectivity index (χ1) is 45.2. The summed E-state index contributed by atoms with van der Waals surface area (Å²) < 4.78 is 0. The average molecular weight is 1350 g/mol. The van der Waals surface area contributed by atoms with Gasteiger partial charge >= 0.3 is 0 Å². The molecule has 32 heteroatoms. The van der Waals surface area contributed by atoms with Gasteiger partial charge in [-0.05, 0) is 119 Å². The van der Waals surface area contributed by atoms with Gasteiger partial charge in [-0.15, -0.1) is 0 Å². The lowest BCUT2D eigenvalue weighted by Crippen LogP contribution is -2.60. The smallest absolute Gasteiger partial charge is 0.245 e. The Morgan fingerprint density at radius 2 is 1.01 bits per heavy atom. The number of guanidine groups is 1. The van der Waals surface area contributed by atoms with Crippen molar-refractivity contribution >= 4 is 94.5 Å². The van der Waals surface area contributed by atoms with Crippen LogP contribution >= 0.6 is 11.8 Å². The van der Waals surface area contributed by atoms with Crippen molar-refractivity contribution in [2.24, 2.45) is 51.0 Å². The molecular weight excluding hydrogens is 1250 g/mol. The van der Waals surface area contributed by atoms with E-state index in [1.54, 1.807) is 60.7 Å². The number of nitrogens with one attached hydrogen (secondary N) is 8. The number of aliphatic imine (C=N–C) groups is 1. The standard InChI is InChI=1S/C63H98N18O13S/c1-37(2)33-45(57(89)74-41(53(68)85)27-32-95-3)73-52(84)36-72-54(86)46(34-38-15-6-4-7-16-38)78-58(90)47(35-39-17-8-5-9-18-39)79-56(88)42(23-25-50(66)82)75-55(87)43(24-26-51(67)83)76-59(91)49-22-14-31-81(49)62(94)44(20-10-11-28-64)77-60(92)48-21-13-30-80(48)61(93)40(65)19-12-29-71-63(69)70/h4-9,15-18,37,40-49H,10-14,19-36,64-65H2,1-3H3,(H2,66,82)(H2,67,83)(H2,68,85)(H,72,86)(H,73,84)(H,74,89)(H,75,87)(H,76,91)(H,77,92)(H,78,90)(H,79,88)(H4,69,70,71)/t40-,41-,42+,43-,44-,45-,46+,47-,48+,49+/m0/s1. The second-order valence-electron chi connectivity index (χ2n) is 24.1. The summed E-state index contributed by atoms with van der Waals surface area (Å²) in [6, 6.07) is 4.51. The highest BCUT2D eigenvalue weighted by molar-refractivity contribution is 7.98. The van der Waals surface area contributed by atoms with Crippen molar-refractivity contribution < 1.29 is 62.3 Å². The number of thioether (sulfide) groups is 1. The number of carbonyl (C=O) groups excluding carboxylic acids is 13. The first-order valence-corrected chi connectivity index (χ1v) is 33.6. The summed E-state index contributed by atoms with van der Waals surface area (Å²) >= 11 is 1.45. The Balaban J connectivity index is 1.56. The number of nitrogens with two attached hydrogens (primary N) is 7. The Kier molecular flexibility index (Phi) is 33.9. The van der Waals surface area contributed by atoms with Crippen LogP contribution in [0.3, 0.4) is 0 Å². The maximum atomic E-state index is 14.7. The lowest BCUT2D eigenvalue weighted by atomic mass is 10.0. The molecule has 10 atom stereocenters. The SMILES string of the molecule is CSCC[C@H](NC(=O)[C@H](CC(C)C)NC(=O)CNC(=O)[C@@H](Cc1ccccc1)NC(=O)[C@H](Cc1ccccc1)NC(=O)[C@@H](CCC(N)=O)NC(=O)[C@H](CCC(N)=O)NC(=O)[C@H]1CCCN1C(=O)[C@H](CCCCN)NC(=O)[C@H]1CCCN1C(=O)[C@@H](N)CCCN=C(N)N)C(N)=O. The lowest BCUT2D eigenvalue weighted by molar-refractivity contribution is -0.144. The van der Waals surface area contributed by atoms with E-state index in [0.717, 1.165) is 0 Å². The maximum absolute atomic E-state index is 14.7. The van der Waals surface area contributed by atoms with E-state index in [0.29, 0.717) is 55.4 Å². The predicted molar refractivity (Wildman–Crippen MR) is 356 cm³/mol. The number of unbranched alkanes of at least 4 members (excludes halogenated alkanes) is 1. The van der Waals surface area contributed by atoms with Crippen LogP contribution in [-0.2, 0) is 75.2 Å². The molecule has 13 amide bonds. The van der Waals surface area contributed by atoms with Gasteiger partial charge < -0.3 is 92.5 Å². The number of likely N-dealkylation sites (tertiary alicyclic amines) is 2. The minimum Gasteiger partial charge on any atom is -0.370 e. The van der Waals surface area contributed by atoms with Gasteiger partial charge in [-0.25, -0.2) is 0 Å². The van der Waals surface area contributed by atoms with E-state index in [9.17, 15) is 62.3 Å². The molecule has 0 radical (unpaired) electrons. The summed E-state index contributed by atoms with van der Waals surface area (Å²) in [6.07, 6.45) is 3.12. The van der Waals surface area contributed by atoms with Crippen LogP contribution in [0.15, 0.2) is 65.7 Å². The third-order valence-electron chi connectivity index (χ3n) is 16.0.